The van der Waals surface area contributed by atoms with Crippen LogP contribution >= 0.6 is 11.6 Å². The van der Waals surface area contributed by atoms with E-state index < -0.39 is 5.97 Å². The van der Waals surface area contributed by atoms with Crippen LogP contribution in [0.1, 0.15) is 29.3 Å². The average Bonchev–Trinajstić information content (AvgIpc) is 2.54. The van der Waals surface area contributed by atoms with Gasteiger partial charge in [-0.15, -0.1) is 0 Å². The molecule has 0 spiro atoms. The second kappa shape index (κ2) is 4.84. The molecular weight excluding hydrogens is 244 g/mol. The maximum absolute atomic E-state index is 11.1. The van der Waals surface area contributed by atoms with E-state index in [1.54, 1.807) is 0 Å². The van der Waals surface area contributed by atoms with E-state index >= 15 is 0 Å². The van der Waals surface area contributed by atoms with E-state index in [0.29, 0.717) is 36.7 Å². The monoisotopic (exact) mass is 256 g/mol. The third-order valence-electron chi connectivity index (χ3n) is 2.66. The highest BCUT2D eigenvalue weighted by molar-refractivity contribution is 6.32. The molecule has 0 fully saturated rings. The molecule has 1 heterocycles. The second-order valence-corrected chi connectivity index (χ2v) is 4.16. The number of ether oxygens (including phenoxy) is 2. The Balaban J connectivity index is 2.64. The van der Waals surface area contributed by atoms with Gasteiger partial charge in [0.25, 0.3) is 0 Å². The molecule has 92 valence electrons. The zero-order valence-corrected chi connectivity index (χ0v) is 10.2. The van der Waals surface area contributed by atoms with Gasteiger partial charge in [0.1, 0.15) is 0 Å². The lowest BCUT2D eigenvalue weighted by Crippen LogP contribution is -2.06. The number of fused-ring (bicyclic) bond motifs is 1. The second-order valence-electron chi connectivity index (χ2n) is 3.75. The van der Waals surface area contributed by atoms with E-state index in [2.05, 4.69) is 0 Å². The quantitative estimate of drug-likeness (QED) is 0.884. The summed E-state index contributed by atoms with van der Waals surface area (Å²) in [6.07, 6.45) is 1.32. The van der Waals surface area contributed by atoms with Crippen molar-refractivity contribution in [3.8, 4) is 11.5 Å². The number of aromatic carboxylic acids is 1. The molecule has 2 rings (SSSR count). The summed E-state index contributed by atoms with van der Waals surface area (Å²) in [5.74, 6) is -0.0553. The van der Waals surface area contributed by atoms with Gasteiger partial charge in [-0.25, -0.2) is 4.79 Å². The first-order chi connectivity index (χ1) is 8.15. The lowest BCUT2D eigenvalue weighted by molar-refractivity contribution is 0.0695. The Morgan fingerprint density at radius 3 is 2.65 bits per heavy atom. The van der Waals surface area contributed by atoms with E-state index in [0.717, 1.165) is 6.42 Å². The number of rotatable bonds is 2. The Morgan fingerprint density at radius 2 is 2.06 bits per heavy atom. The maximum Gasteiger partial charge on any atom is 0.336 e. The van der Waals surface area contributed by atoms with Gasteiger partial charge in [-0.2, -0.15) is 0 Å². The lowest BCUT2D eigenvalue weighted by Gasteiger charge is -2.15. The fourth-order valence-corrected chi connectivity index (χ4v) is 2.13. The molecule has 17 heavy (non-hydrogen) atoms. The molecule has 0 radical (unpaired) electrons. The van der Waals surface area contributed by atoms with Crippen molar-refractivity contribution in [1.29, 1.82) is 0 Å². The number of hydrogen-bond donors (Lipinski definition) is 1. The number of carboxylic acids is 1. The van der Waals surface area contributed by atoms with Gasteiger partial charge >= 0.3 is 5.97 Å². The fraction of sp³-hybridized carbons (Fsp3) is 0.417. The van der Waals surface area contributed by atoms with Crippen LogP contribution in [0.3, 0.4) is 0 Å². The predicted molar refractivity (Wildman–Crippen MR) is 63.4 cm³/mol. The Bertz CT molecular complexity index is 456. The summed E-state index contributed by atoms with van der Waals surface area (Å²) >= 11 is 6.02. The Hall–Kier alpha value is -1.42. The molecule has 0 amide bonds. The Morgan fingerprint density at radius 1 is 1.41 bits per heavy atom. The standard InChI is InChI=1S/C12H13ClO4/c1-2-7-8(12(14)15)6-9(13)11-10(7)16-4-3-5-17-11/h6H,2-5H2,1H3,(H,14,15). The average molecular weight is 257 g/mol. The highest BCUT2D eigenvalue weighted by Gasteiger charge is 2.23. The summed E-state index contributed by atoms with van der Waals surface area (Å²) in [4.78, 5) is 11.1. The molecule has 0 saturated carbocycles. The van der Waals surface area contributed by atoms with Crippen molar-refractivity contribution in [2.45, 2.75) is 19.8 Å². The van der Waals surface area contributed by atoms with E-state index in [4.69, 9.17) is 26.2 Å². The van der Waals surface area contributed by atoms with Crippen LogP contribution in [0.15, 0.2) is 6.07 Å². The van der Waals surface area contributed by atoms with Gasteiger partial charge in [0, 0.05) is 12.0 Å². The summed E-state index contributed by atoms with van der Waals surface area (Å²) in [7, 11) is 0. The molecule has 0 atom stereocenters. The van der Waals surface area contributed by atoms with Crippen molar-refractivity contribution in [2.24, 2.45) is 0 Å². The molecule has 0 aliphatic carbocycles. The Labute approximate surface area is 104 Å². The van der Waals surface area contributed by atoms with Crippen LogP contribution in [0.2, 0.25) is 5.02 Å². The third kappa shape index (κ3) is 2.17. The minimum absolute atomic E-state index is 0.182. The van der Waals surface area contributed by atoms with E-state index in [1.165, 1.54) is 6.07 Å². The number of hydrogen-bond acceptors (Lipinski definition) is 3. The van der Waals surface area contributed by atoms with Crippen molar-refractivity contribution in [3.05, 3.63) is 22.2 Å². The molecule has 1 aliphatic heterocycles. The third-order valence-corrected chi connectivity index (χ3v) is 2.94. The first-order valence-electron chi connectivity index (χ1n) is 5.49. The topological polar surface area (TPSA) is 55.8 Å². The van der Waals surface area contributed by atoms with Gasteiger partial charge in [-0.3, -0.25) is 0 Å². The van der Waals surface area contributed by atoms with Crippen molar-refractivity contribution in [1.82, 2.24) is 0 Å². The van der Waals surface area contributed by atoms with Crippen molar-refractivity contribution < 1.29 is 19.4 Å². The van der Waals surface area contributed by atoms with Gasteiger partial charge in [0.05, 0.1) is 23.8 Å². The largest absolute Gasteiger partial charge is 0.489 e. The molecule has 1 N–H and O–H groups in total. The highest BCUT2D eigenvalue weighted by Crippen LogP contribution is 2.41. The molecule has 1 aromatic rings. The molecular formula is C12H13ClO4. The number of carbonyl (C=O) groups is 1. The Kier molecular flexibility index (Phi) is 3.43. The molecule has 5 heteroatoms. The first-order valence-corrected chi connectivity index (χ1v) is 5.87. The molecule has 0 saturated heterocycles. The van der Waals surface area contributed by atoms with Gasteiger partial charge in [0.2, 0.25) is 0 Å². The van der Waals surface area contributed by atoms with Crippen molar-refractivity contribution in [2.75, 3.05) is 13.2 Å². The van der Waals surface area contributed by atoms with Gasteiger partial charge in [-0.05, 0) is 12.5 Å². The summed E-state index contributed by atoms with van der Waals surface area (Å²) in [6.45, 7) is 2.92. The van der Waals surface area contributed by atoms with Crippen LogP contribution in [0.4, 0.5) is 0 Å². The minimum atomic E-state index is -1.00. The molecule has 1 aliphatic rings. The smallest absolute Gasteiger partial charge is 0.336 e. The fourth-order valence-electron chi connectivity index (χ4n) is 1.88. The first kappa shape index (κ1) is 12.0. The van der Waals surface area contributed by atoms with Crippen LogP contribution in [0, 0.1) is 0 Å². The molecule has 0 bridgehead atoms. The van der Waals surface area contributed by atoms with Gasteiger partial charge in [0.15, 0.2) is 11.5 Å². The minimum Gasteiger partial charge on any atom is -0.489 e. The predicted octanol–water partition coefficient (Wildman–Crippen LogP) is 2.76. The number of halogens is 1. The number of carboxylic acid groups (broad SMARTS) is 1. The molecule has 0 unspecified atom stereocenters. The molecule has 4 nitrogen and oxygen atoms in total. The van der Waals surface area contributed by atoms with Crippen LogP contribution in [-0.4, -0.2) is 24.3 Å². The van der Waals surface area contributed by atoms with Gasteiger partial charge < -0.3 is 14.6 Å². The van der Waals surface area contributed by atoms with E-state index in [-0.39, 0.29) is 10.6 Å². The SMILES string of the molecule is CCc1c(C(=O)O)cc(Cl)c2c1OCCCO2. The van der Waals surface area contributed by atoms with Crippen LogP contribution in [0.5, 0.6) is 11.5 Å². The zero-order valence-electron chi connectivity index (χ0n) is 9.46. The summed E-state index contributed by atoms with van der Waals surface area (Å²) in [5, 5.41) is 9.43. The van der Waals surface area contributed by atoms with E-state index in [1.807, 2.05) is 6.92 Å². The lowest BCUT2D eigenvalue weighted by atomic mass is 10.0. The van der Waals surface area contributed by atoms with Crippen LogP contribution in [-0.2, 0) is 6.42 Å². The van der Waals surface area contributed by atoms with Crippen LogP contribution in [0.25, 0.3) is 0 Å². The summed E-state index contributed by atoms with van der Waals surface area (Å²) < 4.78 is 11.1. The molecule has 0 aromatic heterocycles. The van der Waals surface area contributed by atoms with Crippen LogP contribution < -0.4 is 9.47 Å². The molecule has 1 aromatic carbocycles. The number of benzene rings is 1. The van der Waals surface area contributed by atoms with Crippen molar-refractivity contribution in [3.63, 3.8) is 0 Å². The zero-order chi connectivity index (χ0) is 12.4. The maximum atomic E-state index is 11.1. The van der Waals surface area contributed by atoms with E-state index in [9.17, 15) is 4.79 Å². The normalized spacial score (nSPS) is 14.2. The van der Waals surface area contributed by atoms with Crippen molar-refractivity contribution >= 4 is 17.6 Å². The summed E-state index contributed by atoms with van der Waals surface area (Å²) in [5.41, 5.74) is 0.820. The highest BCUT2D eigenvalue weighted by atomic mass is 35.5. The van der Waals surface area contributed by atoms with Gasteiger partial charge in [-0.1, -0.05) is 18.5 Å². The summed E-state index contributed by atoms with van der Waals surface area (Å²) in [6, 6.07) is 1.43.